The summed E-state index contributed by atoms with van der Waals surface area (Å²) in [5, 5.41) is 0.764. The Morgan fingerprint density at radius 3 is 2.57 bits per heavy atom. The molecule has 1 atom stereocenters. The zero-order valence-electron chi connectivity index (χ0n) is 16.4. The average Bonchev–Trinajstić information content (AvgIpc) is 3.24. The van der Waals surface area contributed by atoms with Crippen LogP contribution in [-0.2, 0) is 16.0 Å². The van der Waals surface area contributed by atoms with Crippen LogP contribution >= 0.6 is 11.6 Å². The second-order valence-corrected chi connectivity index (χ2v) is 8.38. The van der Waals surface area contributed by atoms with Gasteiger partial charge in [-0.1, -0.05) is 23.7 Å². The van der Waals surface area contributed by atoms with E-state index in [1.807, 2.05) is 17.0 Å². The van der Waals surface area contributed by atoms with Gasteiger partial charge in [-0.2, -0.15) is 0 Å². The van der Waals surface area contributed by atoms with Crippen molar-refractivity contribution >= 4 is 17.5 Å². The van der Waals surface area contributed by atoms with Crippen molar-refractivity contribution in [2.75, 3.05) is 19.7 Å². The molecule has 2 fully saturated rings. The van der Waals surface area contributed by atoms with Gasteiger partial charge in [0.1, 0.15) is 6.10 Å². The number of aryl methyl sites for hydroxylation is 1. The third-order valence-corrected chi connectivity index (χ3v) is 6.04. The molecule has 148 valence electrons. The Labute approximate surface area is 171 Å². The van der Waals surface area contributed by atoms with Gasteiger partial charge in [-0.25, -0.2) is 0 Å². The van der Waals surface area contributed by atoms with Crippen LogP contribution in [0.25, 0.3) is 0 Å². The fourth-order valence-electron chi connectivity index (χ4n) is 4.29. The van der Waals surface area contributed by atoms with Crippen molar-refractivity contribution in [1.82, 2.24) is 9.88 Å². The number of piperidine rings is 1. The summed E-state index contributed by atoms with van der Waals surface area (Å²) in [4.78, 5) is 19.3. The fraction of sp³-hybridized carbons (Fsp3) is 0.478. The maximum Gasteiger partial charge on any atom is 0.251 e. The van der Waals surface area contributed by atoms with Crippen LogP contribution in [0, 0.1) is 6.92 Å². The molecule has 2 aliphatic heterocycles. The van der Waals surface area contributed by atoms with Crippen molar-refractivity contribution in [2.45, 2.75) is 51.0 Å². The predicted molar refractivity (Wildman–Crippen MR) is 111 cm³/mol. The molecule has 2 aromatic rings. The highest BCUT2D eigenvalue weighted by Gasteiger charge is 2.31. The predicted octanol–water partition coefficient (Wildman–Crippen LogP) is 4.52. The standard InChI is InChI=1S/C23H27ClN2O2/c1-16-13-18(14-17-4-6-20(24)7-5-17)15-21(25-16)19-8-10-26(11-9-19)23(27)22-3-2-12-28-22/h4-7,13,15,19,22H,2-3,8-12,14H2,1H3/t22-/m1/s1. The van der Waals surface area contributed by atoms with E-state index < -0.39 is 0 Å². The van der Waals surface area contributed by atoms with Crippen molar-refractivity contribution in [1.29, 1.82) is 0 Å². The number of aromatic nitrogens is 1. The number of carbonyl (C=O) groups excluding carboxylic acids is 1. The van der Waals surface area contributed by atoms with E-state index in [1.54, 1.807) is 0 Å². The highest BCUT2D eigenvalue weighted by Crippen LogP contribution is 2.29. The Bertz CT molecular complexity index is 823. The summed E-state index contributed by atoms with van der Waals surface area (Å²) in [5.41, 5.74) is 4.74. The molecule has 1 aromatic carbocycles. The number of nitrogens with zero attached hydrogens (tertiary/aromatic N) is 2. The maximum absolute atomic E-state index is 12.6. The Balaban J connectivity index is 1.41. The lowest BCUT2D eigenvalue weighted by molar-refractivity contribution is -0.142. The summed E-state index contributed by atoms with van der Waals surface area (Å²) < 4.78 is 5.56. The number of likely N-dealkylation sites (tertiary alicyclic amines) is 1. The Morgan fingerprint density at radius 2 is 1.89 bits per heavy atom. The van der Waals surface area contributed by atoms with Crippen molar-refractivity contribution in [3.05, 3.63) is 63.9 Å². The summed E-state index contributed by atoms with van der Waals surface area (Å²) >= 11 is 6.00. The first kappa shape index (κ1) is 19.4. The monoisotopic (exact) mass is 398 g/mol. The Morgan fingerprint density at radius 1 is 1.14 bits per heavy atom. The molecule has 4 rings (SSSR count). The minimum atomic E-state index is -0.209. The quantitative estimate of drug-likeness (QED) is 0.760. The van der Waals surface area contributed by atoms with Gasteiger partial charge in [-0.15, -0.1) is 0 Å². The first-order valence-electron chi connectivity index (χ1n) is 10.2. The molecule has 0 unspecified atom stereocenters. The molecule has 1 aromatic heterocycles. The van der Waals surface area contributed by atoms with Crippen molar-refractivity contribution in [2.24, 2.45) is 0 Å². The molecule has 2 aliphatic rings. The van der Waals surface area contributed by atoms with Crippen molar-refractivity contribution < 1.29 is 9.53 Å². The van der Waals surface area contributed by atoms with E-state index in [0.717, 1.165) is 68.2 Å². The number of ether oxygens (including phenoxy) is 1. The summed E-state index contributed by atoms with van der Waals surface area (Å²) in [6, 6.07) is 12.4. The lowest BCUT2D eigenvalue weighted by atomic mass is 9.91. The molecule has 1 amide bonds. The van der Waals surface area contributed by atoms with Crippen LogP contribution < -0.4 is 0 Å². The van der Waals surface area contributed by atoms with Gasteiger partial charge >= 0.3 is 0 Å². The van der Waals surface area contributed by atoms with Gasteiger partial charge in [-0.3, -0.25) is 9.78 Å². The second kappa shape index (κ2) is 8.62. The zero-order chi connectivity index (χ0) is 19.5. The number of hydrogen-bond donors (Lipinski definition) is 0. The Kier molecular flexibility index (Phi) is 5.98. The average molecular weight is 399 g/mol. The lowest BCUT2D eigenvalue weighted by Crippen LogP contribution is -2.43. The van der Waals surface area contributed by atoms with E-state index in [-0.39, 0.29) is 12.0 Å². The SMILES string of the molecule is Cc1cc(Cc2ccc(Cl)cc2)cc(C2CCN(C(=O)[C@H]3CCCO3)CC2)n1. The number of benzene rings is 1. The normalized spacial score (nSPS) is 20.5. The van der Waals surface area contributed by atoms with Crippen molar-refractivity contribution in [3.8, 4) is 0 Å². The van der Waals surface area contributed by atoms with Gasteiger partial charge in [-0.05, 0) is 74.4 Å². The molecule has 0 N–H and O–H groups in total. The number of amides is 1. The van der Waals surface area contributed by atoms with E-state index in [1.165, 1.54) is 11.1 Å². The van der Waals surface area contributed by atoms with Gasteiger partial charge < -0.3 is 9.64 Å². The summed E-state index contributed by atoms with van der Waals surface area (Å²) in [6.45, 7) is 4.37. The van der Waals surface area contributed by atoms with E-state index in [2.05, 4.69) is 31.2 Å². The molecule has 0 aliphatic carbocycles. The highest BCUT2D eigenvalue weighted by molar-refractivity contribution is 6.30. The molecule has 28 heavy (non-hydrogen) atoms. The van der Waals surface area contributed by atoms with E-state index in [0.29, 0.717) is 5.92 Å². The minimum Gasteiger partial charge on any atom is -0.368 e. The number of pyridine rings is 1. The van der Waals surface area contributed by atoms with Gasteiger partial charge in [0.15, 0.2) is 0 Å². The third kappa shape index (κ3) is 4.56. The molecular formula is C23H27ClN2O2. The Hall–Kier alpha value is -1.91. The molecule has 4 nitrogen and oxygen atoms in total. The number of rotatable bonds is 4. The van der Waals surface area contributed by atoms with E-state index >= 15 is 0 Å². The first-order chi connectivity index (χ1) is 13.6. The largest absolute Gasteiger partial charge is 0.368 e. The molecule has 0 spiro atoms. The fourth-order valence-corrected chi connectivity index (χ4v) is 4.41. The minimum absolute atomic E-state index is 0.177. The van der Waals surface area contributed by atoms with Crippen LogP contribution in [0.5, 0.6) is 0 Å². The molecule has 3 heterocycles. The number of halogens is 1. The maximum atomic E-state index is 12.6. The second-order valence-electron chi connectivity index (χ2n) is 7.95. The lowest BCUT2D eigenvalue weighted by Gasteiger charge is -2.33. The van der Waals surface area contributed by atoms with E-state index in [4.69, 9.17) is 21.3 Å². The molecule has 5 heteroatoms. The van der Waals surface area contributed by atoms with Gasteiger partial charge in [0.2, 0.25) is 0 Å². The summed E-state index contributed by atoms with van der Waals surface area (Å²) in [6.07, 6.45) is 4.47. The van der Waals surface area contributed by atoms with Gasteiger partial charge in [0.05, 0.1) is 0 Å². The summed E-state index contributed by atoms with van der Waals surface area (Å²) in [5.74, 6) is 0.592. The highest BCUT2D eigenvalue weighted by atomic mass is 35.5. The van der Waals surface area contributed by atoms with Crippen molar-refractivity contribution in [3.63, 3.8) is 0 Å². The van der Waals surface area contributed by atoms with Crippen LogP contribution in [0.1, 0.15) is 54.1 Å². The van der Waals surface area contributed by atoms with Crippen LogP contribution in [-0.4, -0.2) is 41.6 Å². The third-order valence-electron chi connectivity index (χ3n) is 5.78. The van der Waals surface area contributed by atoms with Crippen LogP contribution in [0.3, 0.4) is 0 Å². The number of carbonyl (C=O) groups is 1. The molecule has 0 saturated carbocycles. The van der Waals surface area contributed by atoms with E-state index in [9.17, 15) is 4.79 Å². The smallest absolute Gasteiger partial charge is 0.251 e. The summed E-state index contributed by atoms with van der Waals surface area (Å²) in [7, 11) is 0. The molecule has 0 radical (unpaired) electrons. The molecule has 2 saturated heterocycles. The molecule has 0 bridgehead atoms. The zero-order valence-corrected chi connectivity index (χ0v) is 17.1. The van der Waals surface area contributed by atoms with Gasteiger partial charge in [0, 0.05) is 42.0 Å². The first-order valence-corrected chi connectivity index (χ1v) is 10.6. The topological polar surface area (TPSA) is 42.4 Å². The van der Waals surface area contributed by atoms with Crippen LogP contribution in [0.4, 0.5) is 0 Å². The van der Waals surface area contributed by atoms with Crippen LogP contribution in [0.2, 0.25) is 5.02 Å². The molecular weight excluding hydrogens is 372 g/mol. The van der Waals surface area contributed by atoms with Gasteiger partial charge in [0.25, 0.3) is 5.91 Å². The number of hydrogen-bond acceptors (Lipinski definition) is 3. The van der Waals surface area contributed by atoms with Crippen LogP contribution in [0.15, 0.2) is 36.4 Å².